The predicted octanol–water partition coefficient (Wildman–Crippen LogP) is 2.00. The van der Waals surface area contributed by atoms with E-state index in [9.17, 15) is 22.0 Å². The number of sulfonamides is 1. The van der Waals surface area contributed by atoms with Crippen LogP contribution in [-0.2, 0) is 29.4 Å². The maximum Gasteiger partial charge on any atom is 0.251 e. The minimum Gasteiger partial charge on any atom is -0.352 e. The van der Waals surface area contributed by atoms with Crippen LogP contribution in [0.2, 0.25) is 0 Å². The Kier molecular flexibility index (Phi) is 4.04. The number of hydrogen-bond acceptors (Lipinski definition) is 3. The summed E-state index contributed by atoms with van der Waals surface area (Å²) in [6, 6.07) is 6.49. The zero-order chi connectivity index (χ0) is 18.5. The lowest BCUT2D eigenvalue weighted by Gasteiger charge is -2.29. The first kappa shape index (κ1) is 17.1. The van der Waals surface area contributed by atoms with Gasteiger partial charge in [0.1, 0.15) is 11.6 Å². The van der Waals surface area contributed by atoms with E-state index in [2.05, 4.69) is 5.32 Å². The highest BCUT2D eigenvalue weighted by Crippen LogP contribution is 2.28. The third-order valence-electron chi connectivity index (χ3n) is 4.85. The molecule has 2 aliphatic heterocycles. The molecule has 2 heterocycles. The molecule has 0 unspecified atom stereocenters. The zero-order valence-corrected chi connectivity index (χ0v) is 14.6. The molecule has 0 radical (unpaired) electrons. The van der Waals surface area contributed by atoms with Gasteiger partial charge in [-0.1, -0.05) is 6.07 Å². The van der Waals surface area contributed by atoms with Crippen LogP contribution >= 0.6 is 0 Å². The molecule has 0 fully saturated rings. The lowest BCUT2D eigenvalue weighted by atomic mass is 10.0. The van der Waals surface area contributed by atoms with Crippen molar-refractivity contribution in [1.82, 2.24) is 9.62 Å². The van der Waals surface area contributed by atoms with Gasteiger partial charge >= 0.3 is 0 Å². The van der Waals surface area contributed by atoms with Crippen molar-refractivity contribution < 1.29 is 22.0 Å². The molecule has 5 nitrogen and oxygen atoms in total. The van der Waals surface area contributed by atoms with Crippen molar-refractivity contribution in [2.45, 2.75) is 24.3 Å². The summed E-state index contributed by atoms with van der Waals surface area (Å²) in [5.41, 5.74) is 1.84. The smallest absolute Gasteiger partial charge is 0.251 e. The summed E-state index contributed by atoms with van der Waals surface area (Å²) in [6.45, 7) is 0.523. The Morgan fingerprint density at radius 1 is 1.04 bits per heavy atom. The van der Waals surface area contributed by atoms with E-state index in [1.54, 1.807) is 6.07 Å². The number of halogens is 2. The largest absolute Gasteiger partial charge is 0.352 e. The summed E-state index contributed by atoms with van der Waals surface area (Å²) in [5, 5.41) is 2.69. The number of nitrogens with one attached hydrogen (secondary N) is 1. The van der Waals surface area contributed by atoms with Gasteiger partial charge in [-0.15, -0.1) is 0 Å². The first-order chi connectivity index (χ1) is 12.4. The summed E-state index contributed by atoms with van der Waals surface area (Å²) < 4.78 is 54.5. The molecule has 1 N–H and O–H groups in total. The first-order valence-electron chi connectivity index (χ1n) is 8.24. The van der Waals surface area contributed by atoms with E-state index in [4.69, 9.17) is 0 Å². The number of amides is 1. The lowest BCUT2D eigenvalue weighted by molar-refractivity contribution is 0.0945. The minimum absolute atomic E-state index is 0.00799. The normalized spacial score (nSPS) is 17.4. The van der Waals surface area contributed by atoms with Crippen molar-refractivity contribution in [2.24, 2.45) is 0 Å². The highest BCUT2D eigenvalue weighted by Gasteiger charge is 2.31. The van der Waals surface area contributed by atoms with Crippen molar-refractivity contribution in [3.63, 3.8) is 0 Å². The van der Waals surface area contributed by atoms with Crippen LogP contribution in [0, 0.1) is 11.6 Å². The molecule has 26 heavy (non-hydrogen) atoms. The van der Waals surface area contributed by atoms with Gasteiger partial charge in [0.05, 0.1) is 4.90 Å². The van der Waals surface area contributed by atoms with Crippen LogP contribution in [0.3, 0.4) is 0 Å². The molecule has 0 saturated carbocycles. The molecular weight excluding hydrogens is 362 g/mol. The number of rotatable bonds is 2. The molecule has 1 amide bonds. The summed E-state index contributed by atoms with van der Waals surface area (Å²) in [6.07, 6.45) is 0.823. The van der Waals surface area contributed by atoms with E-state index >= 15 is 0 Å². The minimum atomic E-state index is -3.88. The van der Waals surface area contributed by atoms with E-state index in [1.807, 2.05) is 0 Å². The van der Waals surface area contributed by atoms with Crippen LogP contribution in [0.15, 0.2) is 35.2 Å². The number of fused-ring (bicyclic) bond motifs is 2. The molecule has 2 aromatic carbocycles. The predicted molar refractivity (Wildman–Crippen MR) is 90.1 cm³/mol. The maximum absolute atomic E-state index is 13.9. The summed E-state index contributed by atoms with van der Waals surface area (Å²) in [4.78, 5) is 12.0. The van der Waals surface area contributed by atoms with E-state index < -0.39 is 21.7 Å². The number of benzene rings is 2. The molecule has 136 valence electrons. The van der Waals surface area contributed by atoms with Crippen molar-refractivity contribution in [3.8, 4) is 0 Å². The molecule has 2 aliphatic rings. The molecule has 4 rings (SSSR count). The fraction of sp³-hybridized carbons (Fsp3) is 0.278. The molecule has 0 aromatic heterocycles. The van der Waals surface area contributed by atoms with Crippen molar-refractivity contribution in [1.29, 1.82) is 0 Å². The Hall–Kier alpha value is -2.32. The maximum atomic E-state index is 13.9. The summed E-state index contributed by atoms with van der Waals surface area (Å²) in [7, 11) is -3.88. The highest BCUT2D eigenvalue weighted by molar-refractivity contribution is 7.89. The van der Waals surface area contributed by atoms with Crippen molar-refractivity contribution >= 4 is 15.9 Å². The highest BCUT2D eigenvalue weighted by atomic mass is 32.2. The zero-order valence-electron chi connectivity index (χ0n) is 13.8. The van der Waals surface area contributed by atoms with Crippen LogP contribution in [0.25, 0.3) is 0 Å². The van der Waals surface area contributed by atoms with Gasteiger partial charge in [0, 0.05) is 31.3 Å². The average molecular weight is 378 g/mol. The van der Waals surface area contributed by atoms with Crippen LogP contribution in [-0.4, -0.2) is 31.7 Å². The van der Waals surface area contributed by atoms with Crippen LogP contribution in [0.5, 0.6) is 0 Å². The van der Waals surface area contributed by atoms with Gasteiger partial charge in [0.15, 0.2) is 0 Å². The quantitative estimate of drug-likeness (QED) is 0.869. The van der Waals surface area contributed by atoms with Gasteiger partial charge in [-0.05, 0) is 47.7 Å². The molecule has 2 aromatic rings. The second-order valence-corrected chi connectivity index (χ2v) is 8.38. The van der Waals surface area contributed by atoms with E-state index in [-0.39, 0.29) is 30.3 Å². The topological polar surface area (TPSA) is 66.5 Å². The summed E-state index contributed by atoms with van der Waals surface area (Å²) in [5.74, 6) is -1.68. The Balaban J connectivity index is 1.69. The first-order valence-corrected chi connectivity index (χ1v) is 9.68. The van der Waals surface area contributed by atoms with E-state index in [1.165, 1.54) is 22.5 Å². The second-order valence-electron chi connectivity index (χ2n) is 6.44. The number of carbonyl (C=O) groups excluding carboxylic acids is 1. The van der Waals surface area contributed by atoms with Gasteiger partial charge in [-0.25, -0.2) is 17.2 Å². The summed E-state index contributed by atoms with van der Waals surface area (Å²) >= 11 is 0. The average Bonchev–Trinajstić information content (AvgIpc) is 2.61. The molecule has 0 saturated heterocycles. The lowest BCUT2D eigenvalue weighted by Crippen LogP contribution is -2.37. The van der Waals surface area contributed by atoms with Crippen LogP contribution in [0.1, 0.15) is 27.0 Å². The molecule has 0 spiro atoms. The van der Waals surface area contributed by atoms with Crippen LogP contribution < -0.4 is 5.32 Å². The van der Waals surface area contributed by atoms with E-state index in [0.29, 0.717) is 29.7 Å². The van der Waals surface area contributed by atoms with Crippen molar-refractivity contribution in [2.75, 3.05) is 13.1 Å². The van der Waals surface area contributed by atoms with Gasteiger partial charge < -0.3 is 5.32 Å². The molecule has 0 aliphatic carbocycles. The Morgan fingerprint density at radius 2 is 1.85 bits per heavy atom. The standard InChI is InChI=1S/C18H16F2N2O3S/c19-13-7-12-10-22(6-4-15(12)17(20)8-13)26(24,25)14-2-1-11-3-5-21-18(23)16(11)9-14/h1-2,7-9H,3-6,10H2,(H,21,23). The number of nitrogens with zero attached hydrogens (tertiary/aromatic N) is 1. The van der Waals surface area contributed by atoms with Gasteiger partial charge in [-0.2, -0.15) is 4.31 Å². The molecule has 0 atom stereocenters. The number of carbonyl (C=O) groups is 1. The van der Waals surface area contributed by atoms with Crippen molar-refractivity contribution in [3.05, 3.63) is 64.2 Å². The fourth-order valence-corrected chi connectivity index (χ4v) is 4.93. The Labute approximate surface area is 149 Å². The molecule has 0 bridgehead atoms. The second kappa shape index (κ2) is 6.14. The van der Waals surface area contributed by atoms with Gasteiger partial charge in [-0.3, -0.25) is 4.79 Å². The third kappa shape index (κ3) is 2.79. The van der Waals surface area contributed by atoms with E-state index in [0.717, 1.165) is 11.6 Å². The Morgan fingerprint density at radius 3 is 2.65 bits per heavy atom. The third-order valence-corrected chi connectivity index (χ3v) is 6.70. The number of hydrogen-bond donors (Lipinski definition) is 1. The monoisotopic (exact) mass is 378 g/mol. The molecular formula is C18H16F2N2O3S. The Bertz CT molecular complexity index is 1020. The van der Waals surface area contributed by atoms with Gasteiger partial charge in [0.2, 0.25) is 10.0 Å². The fourth-order valence-electron chi connectivity index (χ4n) is 3.49. The van der Waals surface area contributed by atoms with Gasteiger partial charge in [0.25, 0.3) is 5.91 Å². The van der Waals surface area contributed by atoms with Crippen LogP contribution in [0.4, 0.5) is 8.78 Å². The SMILES string of the molecule is O=C1NCCc2ccc(S(=O)(=O)N3CCc4c(F)cc(F)cc4C3)cc21. The molecule has 8 heteroatoms.